The maximum Gasteiger partial charge on any atom is 0.322 e. The molecule has 0 aliphatic heterocycles. The molecule has 0 fully saturated rings. The van der Waals surface area contributed by atoms with Crippen molar-refractivity contribution in [2.45, 2.75) is 13.0 Å². The molecule has 2 N–H and O–H groups in total. The number of H-pyrrole nitrogens is 1. The van der Waals surface area contributed by atoms with E-state index in [1.165, 1.54) is 42.4 Å². The molecule has 0 saturated heterocycles. The fourth-order valence-electron chi connectivity index (χ4n) is 2.75. The summed E-state index contributed by atoms with van der Waals surface area (Å²) < 4.78 is 40.1. The van der Waals surface area contributed by atoms with Crippen molar-refractivity contribution in [2.75, 3.05) is 12.4 Å². The molecular weight excluding hydrogens is 359 g/mol. The van der Waals surface area contributed by atoms with Gasteiger partial charge in [-0.15, -0.1) is 0 Å². The number of hydrogen-bond acceptors (Lipinski definition) is 2. The Labute approximate surface area is 152 Å². The Morgan fingerprint density at radius 2 is 1.67 bits per heavy atom. The van der Waals surface area contributed by atoms with Crippen molar-refractivity contribution >= 4 is 22.5 Å². The molecule has 1 heterocycles. The van der Waals surface area contributed by atoms with E-state index in [1.54, 1.807) is 6.92 Å². The summed E-state index contributed by atoms with van der Waals surface area (Å²) in [6.45, 7) is 1.68. The molecule has 2 aromatic carbocycles. The average molecular weight is 375 g/mol. The number of halogens is 3. The van der Waals surface area contributed by atoms with Gasteiger partial charge in [0.05, 0.1) is 11.4 Å². The highest BCUT2D eigenvalue weighted by Gasteiger charge is 2.21. The topological polar surface area (TPSA) is 65.2 Å². The predicted octanol–water partition coefficient (Wildman–Crippen LogP) is 4.17. The largest absolute Gasteiger partial charge is 0.328 e. The number of nitrogens with zero attached hydrogens (tertiary/aromatic N) is 1. The highest BCUT2D eigenvalue weighted by molar-refractivity contribution is 5.90. The van der Waals surface area contributed by atoms with Gasteiger partial charge in [0.1, 0.15) is 5.82 Å². The molecule has 3 aromatic rings. The number of anilines is 1. The van der Waals surface area contributed by atoms with Crippen LogP contribution in [0.2, 0.25) is 0 Å². The van der Waals surface area contributed by atoms with Crippen molar-refractivity contribution in [2.24, 2.45) is 0 Å². The number of pyridine rings is 1. The van der Waals surface area contributed by atoms with Crippen LogP contribution in [0.5, 0.6) is 0 Å². The summed E-state index contributed by atoms with van der Waals surface area (Å²) in [5.41, 5.74) is 0.290. The van der Waals surface area contributed by atoms with Gasteiger partial charge in [-0.25, -0.2) is 18.0 Å². The molecule has 27 heavy (non-hydrogen) atoms. The monoisotopic (exact) mass is 375 g/mol. The number of nitrogens with one attached hydrogen (secondary N) is 2. The number of benzene rings is 2. The number of aromatic nitrogens is 1. The Morgan fingerprint density at radius 1 is 1.07 bits per heavy atom. The van der Waals surface area contributed by atoms with Crippen molar-refractivity contribution in [3.8, 4) is 0 Å². The van der Waals surface area contributed by atoms with Gasteiger partial charge in [0, 0.05) is 18.9 Å². The Morgan fingerprint density at radius 3 is 2.30 bits per heavy atom. The van der Waals surface area contributed by atoms with Gasteiger partial charge in [0.15, 0.2) is 11.6 Å². The van der Waals surface area contributed by atoms with Crippen LogP contribution in [0, 0.1) is 17.5 Å². The van der Waals surface area contributed by atoms with Crippen LogP contribution >= 0.6 is 0 Å². The molecule has 0 bridgehead atoms. The molecular formula is C19H16F3N3O2. The summed E-state index contributed by atoms with van der Waals surface area (Å²) in [5.74, 6) is -2.64. The number of hydrogen-bond donors (Lipinski definition) is 2. The van der Waals surface area contributed by atoms with Gasteiger partial charge in [-0.2, -0.15) is 0 Å². The molecule has 0 aliphatic carbocycles. The summed E-state index contributed by atoms with van der Waals surface area (Å²) in [6, 6.07) is 5.97. The third-order valence-electron chi connectivity index (χ3n) is 4.42. The van der Waals surface area contributed by atoms with E-state index in [0.717, 1.165) is 12.1 Å². The average Bonchev–Trinajstić information content (AvgIpc) is 2.64. The zero-order valence-electron chi connectivity index (χ0n) is 14.5. The van der Waals surface area contributed by atoms with Crippen LogP contribution in [0.4, 0.5) is 23.7 Å². The van der Waals surface area contributed by atoms with Crippen LogP contribution in [-0.2, 0) is 0 Å². The summed E-state index contributed by atoms with van der Waals surface area (Å²) >= 11 is 0. The number of carbonyl (C=O) groups is 1. The van der Waals surface area contributed by atoms with Gasteiger partial charge in [-0.3, -0.25) is 4.79 Å². The molecule has 1 atom stereocenters. The van der Waals surface area contributed by atoms with Crippen LogP contribution in [-0.4, -0.2) is 23.0 Å². The second-order valence-corrected chi connectivity index (χ2v) is 6.11. The molecule has 0 radical (unpaired) electrons. The molecule has 5 nitrogen and oxygen atoms in total. The van der Waals surface area contributed by atoms with E-state index in [2.05, 4.69) is 10.3 Å². The lowest BCUT2D eigenvalue weighted by atomic mass is 10.0. The number of carbonyl (C=O) groups excluding carboxylic acids is 1. The van der Waals surface area contributed by atoms with Gasteiger partial charge in [0.25, 0.3) is 5.56 Å². The lowest BCUT2D eigenvalue weighted by Crippen LogP contribution is -2.34. The molecule has 0 saturated carbocycles. The van der Waals surface area contributed by atoms with E-state index in [9.17, 15) is 22.8 Å². The molecule has 3 rings (SSSR count). The van der Waals surface area contributed by atoms with Gasteiger partial charge in [-0.1, -0.05) is 0 Å². The molecule has 0 aliphatic rings. The van der Waals surface area contributed by atoms with E-state index >= 15 is 0 Å². The van der Waals surface area contributed by atoms with Crippen molar-refractivity contribution in [1.29, 1.82) is 0 Å². The normalized spacial score (nSPS) is 12.0. The minimum absolute atomic E-state index is 0.00871. The van der Waals surface area contributed by atoms with Gasteiger partial charge < -0.3 is 15.2 Å². The number of fused-ring (bicyclic) bond motifs is 1. The zero-order valence-corrected chi connectivity index (χ0v) is 14.5. The van der Waals surface area contributed by atoms with Crippen LogP contribution in [0.15, 0.2) is 47.4 Å². The summed E-state index contributed by atoms with van der Waals surface area (Å²) in [6.07, 6.45) is 1.37. The maximum absolute atomic E-state index is 13.7. The van der Waals surface area contributed by atoms with Crippen molar-refractivity contribution < 1.29 is 18.0 Å². The van der Waals surface area contributed by atoms with E-state index in [-0.39, 0.29) is 10.8 Å². The van der Waals surface area contributed by atoms with Crippen molar-refractivity contribution in [3.63, 3.8) is 0 Å². The van der Waals surface area contributed by atoms with Gasteiger partial charge in [-0.05, 0) is 54.3 Å². The summed E-state index contributed by atoms with van der Waals surface area (Å²) in [4.78, 5) is 28.2. The van der Waals surface area contributed by atoms with Crippen molar-refractivity contribution in [1.82, 2.24) is 9.88 Å². The molecule has 140 valence electrons. The number of aromatic amines is 1. The Hall–Kier alpha value is -3.29. The maximum atomic E-state index is 13.7. The lowest BCUT2D eigenvalue weighted by Gasteiger charge is -2.26. The third kappa shape index (κ3) is 3.64. The number of amides is 2. The van der Waals surface area contributed by atoms with Crippen LogP contribution in [0.1, 0.15) is 18.5 Å². The lowest BCUT2D eigenvalue weighted by molar-refractivity contribution is 0.208. The smallest absolute Gasteiger partial charge is 0.322 e. The number of rotatable bonds is 3. The standard InChI is InChI=1S/C19H16F3N3O2/c1-10(25(2)19(27)24-12-5-3-11(20)4-6-12)15-9-23-18(26)14-8-17(22)16(21)7-13(14)15/h3-10H,1-2H3,(H,23,26)(H,24,27). The molecule has 1 aromatic heterocycles. The first-order chi connectivity index (χ1) is 12.8. The minimum atomic E-state index is -1.12. The fraction of sp³-hybridized carbons (Fsp3) is 0.158. The van der Waals surface area contributed by atoms with Gasteiger partial charge >= 0.3 is 6.03 Å². The van der Waals surface area contributed by atoms with E-state index in [4.69, 9.17) is 0 Å². The molecule has 1 unspecified atom stereocenters. The minimum Gasteiger partial charge on any atom is -0.328 e. The summed E-state index contributed by atoms with van der Waals surface area (Å²) in [7, 11) is 1.51. The highest BCUT2D eigenvalue weighted by Crippen LogP contribution is 2.27. The van der Waals surface area contributed by atoms with E-state index in [0.29, 0.717) is 11.3 Å². The predicted molar refractivity (Wildman–Crippen MR) is 96.1 cm³/mol. The van der Waals surface area contributed by atoms with E-state index in [1.807, 2.05) is 0 Å². The zero-order chi connectivity index (χ0) is 19.7. The van der Waals surface area contributed by atoms with Crippen molar-refractivity contribution in [3.05, 3.63) is 76.0 Å². The fourth-order valence-corrected chi connectivity index (χ4v) is 2.75. The molecule has 2 amide bonds. The van der Waals surface area contributed by atoms with Crippen LogP contribution < -0.4 is 10.9 Å². The summed E-state index contributed by atoms with van der Waals surface area (Å²) in [5, 5.41) is 2.82. The molecule has 0 spiro atoms. The molecule has 8 heteroatoms. The Balaban J connectivity index is 1.92. The highest BCUT2D eigenvalue weighted by atomic mass is 19.2. The second kappa shape index (κ2) is 7.14. The van der Waals surface area contributed by atoms with E-state index < -0.39 is 35.1 Å². The second-order valence-electron chi connectivity index (χ2n) is 6.11. The quantitative estimate of drug-likeness (QED) is 0.722. The first kappa shape index (κ1) is 18.5. The first-order valence-electron chi connectivity index (χ1n) is 8.07. The first-order valence-corrected chi connectivity index (χ1v) is 8.07. The number of urea groups is 1. The Kier molecular flexibility index (Phi) is 4.89. The van der Waals surface area contributed by atoms with Gasteiger partial charge in [0.2, 0.25) is 0 Å². The third-order valence-corrected chi connectivity index (χ3v) is 4.42. The Bertz CT molecular complexity index is 1060. The SMILES string of the molecule is CC(c1c[nH]c(=O)c2cc(F)c(F)cc12)N(C)C(=O)Nc1ccc(F)cc1. The van der Waals surface area contributed by atoms with Crippen LogP contribution in [0.3, 0.4) is 0 Å². The van der Waals surface area contributed by atoms with Crippen LogP contribution in [0.25, 0.3) is 10.8 Å².